The summed E-state index contributed by atoms with van der Waals surface area (Å²) in [6.45, 7) is 9.24. The molecule has 3 nitrogen and oxygen atoms in total. The van der Waals surface area contributed by atoms with Crippen molar-refractivity contribution in [2.24, 2.45) is 0 Å². The zero-order valence-electron chi connectivity index (χ0n) is 11.7. The van der Waals surface area contributed by atoms with Gasteiger partial charge in [0.2, 0.25) is 0 Å². The smallest absolute Gasteiger partial charge is 0.266 e. The number of piperidine rings is 1. The van der Waals surface area contributed by atoms with E-state index in [1.54, 1.807) is 11.3 Å². The van der Waals surface area contributed by atoms with Gasteiger partial charge in [0, 0.05) is 18.5 Å². The molecule has 1 atom stereocenters. The summed E-state index contributed by atoms with van der Waals surface area (Å²) in [5, 5.41) is 1.07. The van der Waals surface area contributed by atoms with Crippen LogP contribution in [0.1, 0.15) is 66.3 Å². The first-order valence-corrected chi connectivity index (χ1v) is 7.60. The molecule has 0 bridgehead atoms. The molecule has 1 aromatic rings. The molecule has 0 aromatic carbocycles. The zero-order chi connectivity index (χ0) is 13.3. The van der Waals surface area contributed by atoms with Crippen molar-refractivity contribution in [3.63, 3.8) is 0 Å². The second-order valence-electron chi connectivity index (χ2n) is 5.46. The number of carbonyl (C=O) groups excluding carboxylic acids is 1. The summed E-state index contributed by atoms with van der Waals surface area (Å²) < 4.78 is 0. The average Bonchev–Trinajstić information content (AvgIpc) is 2.71. The summed E-state index contributed by atoms with van der Waals surface area (Å²) in [5.74, 6) is 0.582. The van der Waals surface area contributed by atoms with Gasteiger partial charge in [-0.05, 0) is 33.1 Å². The molecule has 2 heterocycles. The Morgan fingerprint density at radius 2 is 2.17 bits per heavy atom. The molecule has 18 heavy (non-hydrogen) atoms. The number of rotatable bonds is 2. The van der Waals surface area contributed by atoms with Gasteiger partial charge in [-0.25, -0.2) is 4.98 Å². The standard InChI is InChI=1S/C14H22N2OS/c1-9(2)13-15-11(4)12(18-13)14(17)16-8-6-5-7-10(16)3/h9-10H,5-8H2,1-4H3/t10-/m0/s1. The number of likely N-dealkylation sites (tertiary alicyclic amines) is 1. The first-order chi connectivity index (χ1) is 8.50. The Hall–Kier alpha value is -0.900. The molecular formula is C14H22N2OS. The SMILES string of the molecule is Cc1nc(C(C)C)sc1C(=O)N1CCCC[C@@H]1C. The predicted octanol–water partition coefficient (Wildman–Crippen LogP) is 3.59. The van der Waals surface area contributed by atoms with Gasteiger partial charge in [-0.1, -0.05) is 13.8 Å². The molecule has 4 heteroatoms. The first-order valence-electron chi connectivity index (χ1n) is 6.79. The molecular weight excluding hydrogens is 244 g/mol. The Labute approximate surface area is 113 Å². The number of hydrogen-bond donors (Lipinski definition) is 0. The lowest BCUT2D eigenvalue weighted by Crippen LogP contribution is -2.41. The minimum atomic E-state index is 0.184. The van der Waals surface area contributed by atoms with Gasteiger partial charge < -0.3 is 4.90 Å². The molecule has 1 aliphatic heterocycles. The monoisotopic (exact) mass is 266 g/mol. The highest BCUT2D eigenvalue weighted by molar-refractivity contribution is 7.13. The minimum Gasteiger partial charge on any atom is -0.335 e. The maximum atomic E-state index is 12.6. The van der Waals surface area contributed by atoms with Crippen molar-refractivity contribution < 1.29 is 4.79 Å². The third kappa shape index (κ3) is 2.58. The molecule has 1 amide bonds. The molecule has 0 aliphatic carbocycles. The Morgan fingerprint density at radius 1 is 1.44 bits per heavy atom. The highest BCUT2D eigenvalue weighted by Crippen LogP contribution is 2.27. The number of aromatic nitrogens is 1. The molecule has 0 N–H and O–H groups in total. The Kier molecular flexibility index (Phi) is 4.05. The van der Waals surface area contributed by atoms with Crippen LogP contribution < -0.4 is 0 Å². The molecule has 0 unspecified atom stereocenters. The van der Waals surface area contributed by atoms with Gasteiger partial charge in [-0.3, -0.25) is 4.79 Å². The molecule has 2 rings (SSSR count). The molecule has 1 aromatic heterocycles. The van der Waals surface area contributed by atoms with Crippen molar-refractivity contribution in [2.75, 3.05) is 6.54 Å². The fourth-order valence-electron chi connectivity index (χ4n) is 2.39. The van der Waals surface area contributed by atoms with E-state index >= 15 is 0 Å². The number of amides is 1. The lowest BCUT2D eigenvalue weighted by molar-refractivity contribution is 0.0639. The molecule has 1 fully saturated rings. The van der Waals surface area contributed by atoms with Crippen LogP contribution in [0.2, 0.25) is 0 Å². The van der Waals surface area contributed by atoms with E-state index in [2.05, 4.69) is 25.8 Å². The number of aryl methyl sites for hydroxylation is 1. The molecule has 0 saturated carbocycles. The molecule has 0 radical (unpaired) electrons. The van der Waals surface area contributed by atoms with E-state index in [9.17, 15) is 4.79 Å². The first kappa shape index (κ1) is 13.5. The highest BCUT2D eigenvalue weighted by Gasteiger charge is 2.27. The van der Waals surface area contributed by atoms with Crippen molar-refractivity contribution in [1.29, 1.82) is 0 Å². The van der Waals surface area contributed by atoms with Gasteiger partial charge in [0.25, 0.3) is 5.91 Å². The van der Waals surface area contributed by atoms with E-state index in [0.717, 1.165) is 35.0 Å². The highest BCUT2D eigenvalue weighted by atomic mass is 32.1. The van der Waals surface area contributed by atoms with Crippen LogP contribution in [0.3, 0.4) is 0 Å². The van der Waals surface area contributed by atoms with Gasteiger partial charge in [0.1, 0.15) is 4.88 Å². The van der Waals surface area contributed by atoms with Crippen molar-refractivity contribution in [3.8, 4) is 0 Å². The number of hydrogen-bond acceptors (Lipinski definition) is 3. The normalized spacial score (nSPS) is 20.5. The van der Waals surface area contributed by atoms with Crippen LogP contribution in [-0.2, 0) is 0 Å². The lowest BCUT2D eigenvalue weighted by atomic mass is 10.0. The summed E-state index contributed by atoms with van der Waals surface area (Å²) in [6.07, 6.45) is 3.50. The van der Waals surface area contributed by atoms with Crippen molar-refractivity contribution in [1.82, 2.24) is 9.88 Å². The third-order valence-electron chi connectivity index (χ3n) is 3.57. The average molecular weight is 266 g/mol. The van der Waals surface area contributed by atoms with Crippen LogP contribution in [0.15, 0.2) is 0 Å². The van der Waals surface area contributed by atoms with Crippen LogP contribution >= 0.6 is 11.3 Å². The third-order valence-corrected chi connectivity index (χ3v) is 5.01. The van der Waals surface area contributed by atoms with Gasteiger partial charge in [-0.2, -0.15) is 0 Å². The summed E-state index contributed by atoms with van der Waals surface area (Å²) in [6, 6.07) is 0.371. The minimum absolute atomic E-state index is 0.184. The molecule has 0 spiro atoms. The van der Waals surface area contributed by atoms with E-state index in [1.165, 1.54) is 6.42 Å². The molecule has 1 aliphatic rings. The maximum Gasteiger partial charge on any atom is 0.266 e. The largest absolute Gasteiger partial charge is 0.335 e. The Morgan fingerprint density at radius 3 is 2.72 bits per heavy atom. The summed E-state index contributed by atoms with van der Waals surface area (Å²) in [4.78, 5) is 19.9. The molecule has 1 saturated heterocycles. The number of nitrogens with zero attached hydrogens (tertiary/aromatic N) is 2. The number of thiazole rings is 1. The fourth-order valence-corrected chi connectivity index (χ4v) is 3.42. The summed E-state index contributed by atoms with van der Waals surface area (Å²) >= 11 is 1.57. The van der Waals surface area contributed by atoms with Crippen LogP contribution in [-0.4, -0.2) is 28.4 Å². The van der Waals surface area contributed by atoms with Gasteiger partial charge >= 0.3 is 0 Å². The van der Waals surface area contributed by atoms with E-state index in [4.69, 9.17) is 0 Å². The van der Waals surface area contributed by atoms with Crippen LogP contribution in [0, 0.1) is 6.92 Å². The second kappa shape index (κ2) is 5.39. The summed E-state index contributed by atoms with van der Waals surface area (Å²) in [5.41, 5.74) is 0.895. The van der Waals surface area contributed by atoms with Crippen molar-refractivity contribution in [3.05, 3.63) is 15.6 Å². The van der Waals surface area contributed by atoms with Gasteiger partial charge in [-0.15, -0.1) is 11.3 Å². The Balaban J connectivity index is 2.22. The topological polar surface area (TPSA) is 33.2 Å². The van der Waals surface area contributed by atoms with E-state index in [1.807, 2.05) is 11.8 Å². The zero-order valence-corrected chi connectivity index (χ0v) is 12.5. The van der Waals surface area contributed by atoms with Crippen LogP contribution in [0.5, 0.6) is 0 Å². The van der Waals surface area contributed by atoms with Gasteiger partial charge in [0.05, 0.1) is 10.7 Å². The predicted molar refractivity (Wildman–Crippen MR) is 75.3 cm³/mol. The van der Waals surface area contributed by atoms with Crippen molar-refractivity contribution in [2.45, 2.75) is 58.9 Å². The van der Waals surface area contributed by atoms with Crippen molar-refractivity contribution >= 4 is 17.2 Å². The quantitative estimate of drug-likeness (QED) is 0.819. The molecule has 100 valence electrons. The van der Waals surface area contributed by atoms with Gasteiger partial charge in [0.15, 0.2) is 0 Å². The number of carbonyl (C=O) groups is 1. The second-order valence-corrected chi connectivity index (χ2v) is 6.50. The van der Waals surface area contributed by atoms with E-state index in [0.29, 0.717) is 12.0 Å². The maximum absolute atomic E-state index is 12.6. The fraction of sp³-hybridized carbons (Fsp3) is 0.714. The lowest BCUT2D eigenvalue weighted by Gasteiger charge is -2.33. The van der Waals surface area contributed by atoms with Crippen LogP contribution in [0.25, 0.3) is 0 Å². The van der Waals surface area contributed by atoms with E-state index < -0.39 is 0 Å². The van der Waals surface area contributed by atoms with Crippen LogP contribution in [0.4, 0.5) is 0 Å². The summed E-state index contributed by atoms with van der Waals surface area (Å²) in [7, 11) is 0. The Bertz CT molecular complexity index is 439. The van der Waals surface area contributed by atoms with E-state index in [-0.39, 0.29) is 5.91 Å².